The lowest BCUT2D eigenvalue weighted by Crippen LogP contribution is -2.50. The van der Waals surface area contributed by atoms with E-state index in [1.54, 1.807) is 53.1 Å². The van der Waals surface area contributed by atoms with Crippen LogP contribution in [0.1, 0.15) is 22.8 Å². The molecule has 10 heteroatoms. The molecule has 0 saturated carbocycles. The largest absolute Gasteiger partial charge is 0.450 e. The Hall–Kier alpha value is -3.27. The minimum absolute atomic E-state index is 0.150. The molecule has 34 heavy (non-hydrogen) atoms. The number of benzene rings is 2. The van der Waals surface area contributed by atoms with Crippen LogP contribution in [0.25, 0.3) is 0 Å². The lowest BCUT2D eigenvalue weighted by molar-refractivity contribution is -0.116. The molecule has 2 aliphatic rings. The number of amides is 3. The van der Waals surface area contributed by atoms with Gasteiger partial charge in [0, 0.05) is 43.2 Å². The van der Waals surface area contributed by atoms with E-state index in [1.807, 2.05) is 0 Å². The standard InChI is InChI=1S/C24H27FN4O4S/c1-2-33-24(32)29-11-9-28(10-12-29)23(31)16-7-8-19-20(13-16)27-22(30)21(26-19)15-34-14-17-5-3-4-6-18(17)25/h3-8,13,21,26H,2,9-12,14-15H2,1H3,(H,27,30)/t21-/m0/s1. The number of piperazine rings is 1. The van der Waals surface area contributed by atoms with Gasteiger partial charge in [-0.1, -0.05) is 18.2 Å². The summed E-state index contributed by atoms with van der Waals surface area (Å²) in [6.45, 7) is 3.74. The zero-order valence-electron chi connectivity index (χ0n) is 18.9. The third kappa shape index (κ3) is 5.44. The first kappa shape index (κ1) is 23.9. The summed E-state index contributed by atoms with van der Waals surface area (Å²) in [6.07, 6.45) is -0.362. The highest BCUT2D eigenvalue weighted by Gasteiger charge is 2.28. The van der Waals surface area contributed by atoms with Gasteiger partial charge in [-0.3, -0.25) is 9.59 Å². The van der Waals surface area contributed by atoms with E-state index in [0.29, 0.717) is 61.1 Å². The monoisotopic (exact) mass is 486 g/mol. The van der Waals surface area contributed by atoms with Crippen LogP contribution in [0, 0.1) is 5.82 Å². The number of rotatable bonds is 6. The fourth-order valence-corrected chi connectivity index (χ4v) is 4.93. The van der Waals surface area contributed by atoms with E-state index in [4.69, 9.17) is 4.74 Å². The third-order valence-corrected chi connectivity index (χ3v) is 6.85. The Morgan fingerprint density at radius 3 is 2.56 bits per heavy atom. The van der Waals surface area contributed by atoms with Gasteiger partial charge in [0.05, 0.1) is 18.0 Å². The minimum Gasteiger partial charge on any atom is -0.450 e. The number of fused-ring (bicyclic) bond motifs is 1. The highest BCUT2D eigenvalue weighted by Crippen LogP contribution is 2.30. The number of ether oxygens (including phenoxy) is 1. The predicted molar refractivity (Wildman–Crippen MR) is 130 cm³/mol. The van der Waals surface area contributed by atoms with Crippen LogP contribution in [0.2, 0.25) is 0 Å². The number of hydrogen-bond donors (Lipinski definition) is 2. The second kappa shape index (κ2) is 10.8. The molecule has 1 fully saturated rings. The average Bonchev–Trinajstić information content (AvgIpc) is 2.85. The number of nitrogens with zero attached hydrogens (tertiary/aromatic N) is 2. The highest BCUT2D eigenvalue weighted by atomic mass is 32.2. The SMILES string of the molecule is CCOC(=O)N1CCN(C(=O)c2ccc3c(c2)NC(=O)[C@H](CSCc2ccccc2F)N3)CC1. The van der Waals surface area contributed by atoms with Crippen LogP contribution in [0.4, 0.5) is 20.6 Å². The summed E-state index contributed by atoms with van der Waals surface area (Å²) in [4.78, 5) is 40.7. The van der Waals surface area contributed by atoms with E-state index >= 15 is 0 Å². The summed E-state index contributed by atoms with van der Waals surface area (Å²) in [6, 6.07) is 11.3. The number of nitrogens with one attached hydrogen (secondary N) is 2. The van der Waals surface area contributed by atoms with Gasteiger partial charge in [0.1, 0.15) is 11.9 Å². The summed E-state index contributed by atoms with van der Waals surface area (Å²) in [7, 11) is 0. The lowest BCUT2D eigenvalue weighted by atomic mass is 10.1. The quantitative estimate of drug-likeness (QED) is 0.651. The van der Waals surface area contributed by atoms with Crippen LogP contribution < -0.4 is 10.6 Å². The van der Waals surface area contributed by atoms with Gasteiger partial charge in [-0.2, -0.15) is 11.8 Å². The summed E-state index contributed by atoms with van der Waals surface area (Å²) in [5, 5.41) is 6.09. The van der Waals surface area contributed by atoms with Crippen molar-refractivity contribution in [2.45, 2.75) is 18.7 Å². The lowest BCUT2D eigenvalue weighted by Gasteiger charge is -2.34. The number of carbonyl (C=O) groups excluding carboxylic acids is 3. The van der Waals surface area contributed by atoms with Crippen molar-refractivity contribution in [3.63, 3.8) is 0 Å². The maximum absolute atomic E-state index is 13.8. The van der Waals surface area contributed by atoms with Crippen molar-refractivity contribution in [3.8, 4) is 0 Å². The van der Waals surface area contributed by atoms with E-state index in [0.717, 1.165) is 5.69 Å². The molecule has 2 aromatic rings. The molecule has 1 saturated heterocycles. The molecule has 2 aliphatic heterocycles. The molecule has 0 unspecified atom stereocenters. The molecule has 3 amide bonds. The van der Waals surface area contributed by atoms with Gasteiger partial charge in [0.2, 0.25) is 5.91 Å². The summed E-state index contributed by atoms with van der Waals surface area (Å²) in [5.74, 6) is 0.359. The van der Waals surface area contributed by atoms with Gasteiger partial charge in [0.15, 0.2) is 0 Å². The zero-order valence-corrected chi connectivity index (χ0v) is 19.7. The van der Waals surface area contributed by atoms with Crippen molar-refractivity contribution in [1.82, 2.24) is 9.80 Å². The summed E-state index contributed by atoms with van der Waals surface area (Å²) in [5.41, 5.74) is 2.37. The normalized spacial score (nSPS) is 17.5. The van der Waals surface area contributed by atoms with Crippen LogP contribution in [-0.4, -0.2) is 72.3 Å². The molecule has 8 nitrogen and oxygen atoms in total. The zero-order chi connectivity index (χ0) is 24.1. The maximum atomic E-state index is 13.8. The predicted octanol–water partition coefficient (Wildman–Crippen LogP) is 3.41. The number of hydrogen-bond acceptors (Lipinski definition) is 6. The van der Waals surface area contributed by atoms with E-state index in [1.165, 1.54) is 17.8 Å². The number of anilines is 2. The molecule has 2 heterocycles. The molecular weight excluding hydrogens is 459 g/mol. The van der Waals surface area contributed by atoms with Crippen molar-refractivity contribution < 1.29 is 23.5 Å². The molecule has 0 spiro atoms. The molecule has 2 N–H and O–H groups in total. The van der Waals surface area contributed by atoms with E-state index in [2.05, 4.69) is 10.6 Å². The van der Waals surface area contributed by atoms with Crippen LogP contribution in [0.5, 0.6) is 0 Å². The van der Waals surface area contributed by atoms with Gasteiger partial charge < -0.3 is 25.2 Å². The molecule has 1 atom stereocenters. The van der Waals surface area contributed by atoms with Gasteiger partial charge >= 0.3 is 6.09 Å². The number of thioether (sulfide) groups is 1. The Morgan fingerprint density at radius 1 is 1.09 bits per heavy atom. The Labute approximate surface area is 201 Å². The van der Waals surface area contributed by atoms with Crippen LogP contribution in [-0.2, 0) is 15.3 Å². The first-order valence-electron chi connectivity index (χ1n) is 11.2. The summed E-state index contributed by atoms with van der Waals surface area (Å²) < 4.78 is 18.8. The molecule has 180 valence electrons. The number of carbonyl (C=O) groups is 3. The molecular formula is C24H27FN4O4S. The first-order valence-corrected chi connectivity index (χ1v) is 12.3. The molecule has 0 bridgehead atoms. The van der Waals surface area contributed by atoms with Gasteiger partial charge in [-0.15, -0.1) is 0 Å². The summed E-state index contributed by atoms with van der Waals surface area (Å²) >= 11 is 1.48. The Morgan fingerprint density at radius 2 is 1.82 bits per heavy atom. The maximum Gasteiger partial charge on any atom is 0.409 e. The first-order chi connectivity index (χ1) is 16.5. The van der Waals surface area contributed by atoms with Gasteiger partial charge in [0.25, 0.3) is 5.91 Å². The van der Waals surface area contributed by atoms with Crippen molar-refractivity contribution in [3.05, 3.63) is 59.4 Å². The number of halogens is 1. The van der Waals surface area contributed by atoms with E-state index < -0.39 is 6.04 Å². The highest BCUT2D eigenvalue weighted by molar-refractivity contribution is 7.98. The molecule has 0 aromatic heterocycles. The topological polar surface area (TPSA) is 91.0 Å². The molecule has 4 rings (SSSR count). The van der Waals surface area contributed by atoms with Crippen LogP contribution in [0.15, 0.2) is 42.5 Å². The third-order valence-electron chi connectivity index (χ3n) is 5.76. The van der Waals surface area contributed by atoms with Crippen molar-refractivity contribution in [2.24, 2.45) is 0 Å². The van der Waals surface area contributed by atoms with Crippen molar-refractivity contribution >= 4 is 41.0 Å². The van der Waals surface area contributed by atoms with E-state index in [9.17, 15) is 18.8 Å². The Bertz CT molecular complexity index is 1070. The Balaban J connectivity index is 1.33. The molecule has 0 radical (unpaired) electrons. The Kier molecular flexibility index (Phi) is 7.56. The fourth-order valence-electron chi connectivity index (χ4n) is 3.89. The van der Waals surface area contributed by atoms with Crippen LogP contribution in [0.3, 0.4) is 0 Å². The second-order valence-electron chi connectivity index (χ2n) is 8.03. The minimum atomic E-state index is -0.457. The molecule has 0 aliphatic carbocycles. The molecule has 2 aromatic carbocycles. The average molecular weight is 487 g/mol. The van der Waals surface area contributed by atoms with Crippen LogP contribution >= 0.6 is 11.8 Å². The van der Waals surface area contributed by atoms with Gasteiger partial charge in [-0.25, -0.2) is 9.18 Å². The smallest absolute Gasteiger partial charge is 0.409 e. The van der Waals surface area contributed by atoms with Crippen molar-refractivity contribution in [1.29, 1.82) is 0 Å². The van der Waals surface area contributed by atoms with E-state index in [-0.39, 0.29) is 23.7 Å². The fraction of sp³-hybridized carbons (Fsp3) is 0.375. The van der Waals surface area contributed by atoms with Crippen molar-refractivity contribution in [2.75, 3.05) is 49.2 Å². The van der Waals surface area contributed by atoms with Gasteiger partial charge in [-0.05, 0) is 36.8 Å². The second-order valence-corrected chi connectivity index (χ2v) is 9.06.